The van der Waals surface area contributed by atoms with Crippen LogP contribution < -0.4 is 5.32 Å². The van der Waals surface area contributed by atoms with Crippen LogP contribution in [-0.4, -0.2) is 55.1 Å². The maximum absolute atomic E-state index is 13.3. The van der Waals surface area contributed by atoms with E-state index in [2.05, 4.69) is 22.0 Å². The first kappa shape index (κ1) is 14.0. The Balaban J connectivity index is 1.54. The van der Waals surface area contributed by atoms with Crippen LogP contribution in [0.25, 0.3) is 0 Å². The Morgan fingerprint density at radius 1 is 1.25 bits per heavy atom. The van der Waals surface area contributed by atoms with Gasteiger partial charge in [-0.25, -0.2) is 4.39 Å². The molecule has 0 spiro atoms. The maximum atomic E-state index is 13.3. The summed E-state index contributed by atoms with van der Waals surface area (Å²) >= 11 is 0. The topological polar surface area (TPSA) is 18.5 Å². The number of aryl methyl sites for hydroxylation is 1. The molecule has 2 heterocycles. The zero-order valence-electron chi connectivity index (χ0n) is 12.2. The predicted molar refractivity (Wildman–Crippen MR) is 79.3 cm³/mol. The molecule has 4 heteroatoms. The van der Waals surface area contributed by atoms with Crippen LogP contribution in [0.5, 0.6) is 0 Å². The third kappa shape index (κ3) is 3.19. The summed E-state index contributed by atoms with van der Waals surface area (Å²) in [6.45, 7) is 9.70. The van der Waals surface area contributed by atoms with Gasteiger partial charge in [-0.1, -0.05) is 6.07 Å². The van der Waals surface area contributed by atoms with E-state index < -0.39 is 0 Å². The fourth-order valence-electron chi connectivity index (χ4n) is 3.29. The lowest BCUT2D eigenvalue weighted by Gasteiger charge is -2.38. The SMILES string of the molecule is Cc1ccc(F)cc1CN1CCN(C2CCNC2)CC1. The quantitative estimate of drug-likeness (QED) is 0.905. The van der Waals surface area contributed by atoms with Gasteiger partial charge in [0.1, 0.15) is 5.82 Å². The normalized spacial score (nSPS) is 25.2. The molecule has 110 valence electrons. The van der Waals surface area contributed by atoms with Crippen molar-refractivity contribution >= 4 is 0 Å². The van der Waals surface area contributed by atoms with Gasteiger partial charge in [0, 0.05) is 45.3 Å². The number of hydrogen-bond donors (Lipinski definition) is 1. The molecular weight excluding hydrogens is 253 g/mol. The summed E-state index contributed by atoms with van der Waals surface area (Å²) in [6, 6.07) is 5.84. The molecule has 1 unspecified atom stereocenters. The second-order valence-electron chi connectivity index (χ2n) is 6.03. The van der Waals surface area contributed by atoms with Crippen LogP contribution in [0, 0.1) is 12.7 Å². The molecule has 2 fully saturated rings. The molecule has 0 aliphatic carbocycles. The molecule has 1 aromatic carbocycles. The van der Waals surface area contributed by atoms with Crippen LogP contribution in [-0.2, 0) is 6.54 Å². The Morgan fingerprint density at radius 2 is 2.05 bits per heavy atom. The van der Waals surface area contributed by atoms with E-state index in [1.165, 1.54) is 12.0 Å². The number of rotatable bonds is 3. The van der Waals surface area contributed by atoms with Crippen LogP contribution in [0.2, 0.25) is 0 Å². The Labute approximate surface area is 120 Å². The summed E-state index contributed by atoms with van der Waals surface area (Å²) in [5.74, 6) is -0.124. The molecule has 3 rings (SSSR count). The van der Waals surface area contributed by atoms with Gasteiger partial charge >= 0.3 is 0 Å². The number of piperazine rings is 1. The molecule has 20 heavy (non-hydrogen) atoms. The molecule has 1 N–H and O–H groups in total. The van der Waals surface area contributed by atoms with Gasteiger partial charge in [-0.15, -0.1) is 0 Å². The lowest BCUT2D eigenvalue weighted by atomic mass is 10.1. The highest BCUT2D eigenvalue weighted by atomic mass is 19.1. The molecule has 0 bridgehead atoms. The van der Waals surface area contributed by atoms with Gasteiger partial charge in [-0.3, -0.25) is 9.80 Å². The van der Waals surface area contributed by atoms with E-state index in [0.29, 0.717) is 0 Å². The maximum Gasteiger partial charge on any atom is 0.123 e. The Morgan fingerprint density at radius 3 is 2.75 bits per heavy atom. The van der Waals surface area contributed by atoms with Crippen molar-refractivity contribution in [1.29, 1.82) is 0 Å². The summed E-state index contributed by atoms with van der Waals surface area (Å²) < 4.78 is 13.3. The first-order chi connectivity index (χ1) is 9.72. The number of benzene rings is 1. The lowest BCUT2D eigenvalue weighted by Crippen LogP contribution is -2.50. The minimum atomic E-state index is -0.124. The molecule has 1 aromatic rings. The highest BCUT2D eigenvalue weighted by molar-refractivity contribution is 5.26. The molecule has 0 saturated carbocycles. The average molecular weight is 277 g/mol. The molecule has 0 amide bonds. The van der Waals surface area contributed by atoms with E-state index in [1.54, 1.807) is 12.1 Å². The monoisotopic (exact) mass is 277 g/mol. The number of nitrogens with one attached hydrogen (secondary N) is 1. The van der Waals surface area contributed by atoms with Crippen molar-refractivity contribution in [3.8, 4) is 0 Å². The summed E-state index contributed by atoms with van der Waals surface area (Å²) in [5, 5.41) is 3.44. The Kier molecular flexibility index (Phi) is 4.34. The van der Waals surface area contributed by atoms with Crippen LogP contribution >= 0.6 is 0 Å². The van der Waals surface area contributed by atoms with Gasteiger partial charge in [-0.05, 0) is 43.1 Å². The van der Waals surface area contributed by atoms with Gasteiger partial charge in [-0.2, -0.15) is 0 Å². The van der Waals surface area contributed by atoms with E-state index in [0.717, 1.165) is 57.4 Å². The van der Waals surface area contributed by atoms with E-state index in [-0.39, 0.29) is 5.82 Å². The van der Waals surface area contributed by atoms with Crippen LogP contribution in [0.15, 0.2) is 18.2 Å². The smallest absolute Gasteiger partial charge is 0.123 e. The van der Waals surface area contributed by atoms with Crippen molar-refractivity contribution in [2.75, 3.05) is 39.3 Å². The molecule has 1 atom stereocenters. The summed E-state index contributed by atoms with van der Waals surface area (Å²) in [5.41, 5.74) is 2.31. The molecule has 0 radical (unpaired) electrons. The van der Waals surface area contributed by atoms with Crippen LogP contribution in [0.4, 0.5) is 4.39 Å². The highest BCUT2D eigenvalue weighted by Gasteiger charge is 2.25. The molecule has 2 aliphatic rings. The van der Waals surface area contributed by atoms with Gasteiger partial charge in [0.05, 0.1) is 0 Å². The predicted octanol–water partition coefficient (Wildman–Crippen LogP) is 1.61. The van der Waals surface area contributed by atoms with Crippen molar-refractivity contribution < 1.29 is 4.39 Å². The van der Waals surface area contributed by atoms with Gasteiger partial charge < -0.3 is 5.32 Å². The van der Waals surface area contributed by atoms with Crippen molar-refractivity contribution in [3.63, 3.8) is 0 Å². The van der Waals surface area contributed by atoms with Crippen molar-refractivity contribution in [3.05, 3.63) is 35.1 Å². The molecule has 3 nitrogen and oxygen atoms in total. The van der Waals surface area contributed by atoms with Gasteiger partial charge in [0.25, 0.3) is 0 Å². The fourth-order valence-corrected chi connectivity index (χ4v) is 3.29. The minimum absolute atomic E-state index is 0.124. The third-order valence-electron chi connectivity index (χ3n) is 4.66. The molecule has 0 aromatic heterocycles. The standard InChI is InChI=1S/C16H24FN3/c1-13-2-3-15(17)10-14(13)12-19-6-8-20(9-7-19)16-4-5-18-11-16/h2-3,10,16,18H,4-9,11-12H2,1H3. The summed E-state index contributed by atoms with van der Waals surface area (Å²) in [7, 11) is 0. The minimum Gasteiger partial charge on any atom is -0.315 e. The fraction of sp³-hybridized carbons (Fsp3) is 0.625. The summed E-state index contributed by atoms with van der Waals surface area (Å²) in [4.78, 5) is 5.05. The van der Waals surface area contributed by atoms with Crippen molar-refractivity contribution in [2.24, 2.45) is 0 Å². The Hall–Kier alpha value is -0.970. The third-order valence-corrected chi connectivity index (χ3v) is 4.66. The van der Waals surface area contributed by atoms with E-state index >= 15 is 0 Å². The molecule has 2 saturated heterocycles. The van der Waals surface area contributed by atoms with Crippen LogP contribution in [0.1, 0.15) is 17.5 Å². The van der Waals surface area contributed by atoms with E-state index in [4.69, 9.17) is 0 Å². The van der Waals surface area contributed by atoms with Crippen LogP contribution in [0.3, 0.4) is 0 Å². The average Bonchev–Trinajstić information content (AvgIpc) is 2.98. The summed E-state index contributed by atoms with van der Waals surface area (Å²) in [6.07, 6.45) is 1.28. The van der Waals surface area contributed by atoms with E-state index in [1.807, 2.05) is 6.07 Å². The lowest BCUT2D eigenvalue weighted by molar-refractivity contribution is 0.0979. The number of hydrogen-bond acceptors (Lipinski definition) is 3. The molecular formula is C16H24FN3. The molecule has 2 aliphatic heterocycles. The first-order valence-corrected chi connectivity index (χ1v) is 7.64. The number of nitrogens with zero attached hydrogens (tertiary/aromatic N) is 2. The first-order valence-electron chi connectivity index (χ1n) is 7.64. The largest absolute Gasteiger partial charge is 0.315 e. The zero-order chi connectivity index (χ0) is 13.9. The second-order valence-corrected chi connectivity index (χ2v) is 6.03. The van der Waals surface area contributed by atoms with Crippen molar-refractivity contribution in [1.82, 2.24) is 15.1 Å². The van der Waals surface area contributed by atoms with Gasteiger partial charge in [0.15, 0.2) is 0 Å². The van der Waals surface area contributed by atoms with Gasteiger partial charge in [0.2, 0.25) is 0 Å². The second kappa shape index (κ2) is 6.20. The van der Waals surface area contributed by atoms with Crippen molar-refractivity contribution in [2.45, 2.75) is 25.9 Å². The van der Waals surface area contributed by atoms with E-state index in [9.17, 15) is 4.39 Å². The zero-order valence-corrected chi connectivity index (χ0v) is 12.2. The highest BCUT2D eigenvalue weighted by Crippen LogP contribution is 2.16. The Bertz CT molecular complexity index is 449. The number of halogens is 1.